The summed E-state index contributed by atoms with van der Waals surface area (Å²) in [6, 6.07) is 2.10. The van der Waals surface area contributed by atoms with Crippen LogP contribution in [0.5, 0.6) is 0 Å². The third kappa shape index (κ3) is 15.4. The molecule has 0 rings (SSSR count). The van der Waals surface area contributed by atoms with Crippen LogP contribution in [0.2, 0.25) is 0 Å². The summed E-state index contributed by atoms with van der Waals surface area (Å²) in [4.78, 5) is 0. The van der Waals surface area contributed by atoms with E-state index in [1.165, 1.54) is 70.6 Å². The number of nitrogens with one attached hydrogen (secondary N) is 1. The number of hydrogen-bond donors (Lipinski definition) is 1. The van der Waals surface area contributed by atoms with E-state index in [4.69, 9.17) is 5.26 Å². The Kier molecular flexibility index (Phi) is 15.0. The van der Waals surface area contributed by atoms with E-state index >= 15 is 0 Å². The minimum Gasteiger partial charge on any atom is -0.304 e. The highest BCUT2D eigenvalue weighted by Gasteiger charge is 1.92. The van der Waals surface area contributed by atoms with Gasteiger partial charge in [0.2, 0.25) is 0 Å². The molecule has 0 aromatic heterocycles. The normalized spacial score (nSPS) is 10.4. The van der Waals surface area contributed by atoms with E-state index < -0.39 is 0 Å². The largest absolute Gasteiger partial charge is 0.304 e. The fourth-order valence-corrected chi connectivity index (χ4v) is 2.06. The molecule has 100 valence electrons. The van der Waals surface area contributed by atoms with Crippen molar-refractivity contribution in [3.8, 4) is 6.07 Å². The Hall–Kier alpha value is -0.550. The Labute approximate surface area is 108 Å². The van der Waals surface area contributed by atoms with Crippen molar-refractivity contribution in [2.75, 3.05) is 13.1 Å². The lowest BCUT2D eigenvalue weighted by Gasteiger charge is -2.02. The van der Waals surface area contributed by atoms with Gasteiger partial charge in [0.1, 0.15) is 0 Å². The van der Waals surface area contributed by atoms with E-state index in [1.807, 2.05) is 0 Å². The van der Waals surface area contributed by atoms with Gasteiger partial charge >= 0.3 is 0 Å². The van der Waals surface area contributed by atoms with E-state index in [9.17, 15) is 0 Å². The summed E-state index contributed by atoms with van der Waals surface area (Å²) in [7, 11) is 0. The second kappa shape index (κ2) is 15.4. The van der Waals surface area contributed by atoms with E-state index in [0.29, 0.717) is 6.54 Å². The van der Waals surface area contributed by atoms with Crippen molar-refractivity contribution in [3.63, 3.8) is 0 Å². The van der Waals surface area contributed by atoms with Crippen LogP contribution < -0.4 is 5.32 Å². The molecule has 0 aromatic rings. The molecule has 0 aliphatic carbocycles. The van der Waals surface area contributed by atoms with E-state index in [2.05, 4.69) is 18.3 Å². The smallest absolute Gasteiger partial charge is 0.0840 e. The number of nitrogens with zero attached hydrogens (tertiary/aromatic N) is 1. The molecule has 0 fully saturated rings. The first-order valence-electron chi connectivity index (χ1n) is 7.49. The average Bonchev–Trinajstić information content (AvgIpc) is 2.35. The van der Waals surface area contributed by atoms with Gasteiger partial charge in [-0.25, -0.2) is 0 Å². The molecule has 0 saturated carbocycles. The van der Waals surface area contributed by atoms with Crippen molar-refractivity contribution in [2.24, 2.45) is 0 Å². The summed E-state index contributed by atoms with van der Waals surface area (Å²) in [6.45, 7) is 3.77. The Balaban J connectivity index is 2.87. The summed E-state index contributed by atoms with van der Waals surface area (Å²) in [5.74, 6) is 0. The molecule has 0 heterocycles. The van der Waals surface area contributed by atoms with Crippen LogP contribution >= 0.6 is 0 Å². The van der Waals surface area contributed by atoms with Crippen molar-refractivity contribution in [3.05, 3.63) is 0 Å². The highest BCUT2D eigenvalue weighted by molar-refractivity contribution is 4.72. The topological polar surface area (TPSA) is 35.8 Å². The number of unbranched alkanes of at least 4 members (excludes halogenated alkanes) is 10. The predicted molar refractivity (Wildman–Crippen MR) is 74.9 cm³/mol. The van der Waals surface area contributed by atoms with Gasteiger partial charge in [-0.3, -0.25) is 0 Å². The Bertz CT molecular complexity index is 172. The highest BCUT2D eigenvalue weighted by Crippen LogP contribution is 2.10. The van der Waals surface area contributed by atoms with Gasteiger partial charge in [0, 0.05) is 0 Å². The average molecular weight is 238 g/mol. The first-order valence-corrected chi connectivity index (χ1v) is 7.49. The third-order valence-electron chi connectivity index (χ3n) is 3.16. The standard InChI is InChI=1S/C15H30N2/c1-2-3-4-5-6-7-8-9-10-11-12-14-17-15-13-16/h17H,2-12,14-15H2,1H3. The first kappa shape index (κ1) is 16.4. The van der Waals surface area contributed by atoms with Gasteiger partial charge in [-0.1, -0.05) is 71.1 Å². The van der Waals surface area contributed by atoms with Crippen molar-refractivity contribution >= 4 is 0 Å². The lowest BCUT2D eigenvalue weighted by atomic mass is 10.1. The number of hydrogen-bond acceptors (Lipinski definition) is 2. The third-order valence-corrected chi connectivity index (χ3v) is 3.16. The lowest BCUT2D eigenvalue weighted by Crippen LogP contribution is -2.14. The molecule has 17 heavy (non-hydrogen) atoms. The van der Waals surface area contributed by atoms with E-state index in [1.54, 1.807) is 0 Å². The van der Waals surface area contributed by atoms with Gasteiger partial charge in [-0.2, -0.15) is 5.26 Å². The zero-order chi connectivity index (χ0) is 12.6. The maximum atomic E-state index is 8.33. The van der Waals surface area contributed by atoms with Gasteiger partial charge in [0.25, 0.3) is 0 Å². The number of nitriles is 1. The van der Waals surface area contributed by atoms with E-state index in [0.717, 1.165) is 6.54 Å². The van der Waals surface area contributed by atoms with Crippen molar-refractivity contribution < 1.29 is 0 Å². The molecular weight excluding hydrogens is 208 g/mol. The molecule has 0 radical (unpaired) electrons. The molecule has 2 heteroatoms. The van der Waals surface area contributed by atoms with Crippen molar-refractivity contribution in [1.29, 1.82) is 5.26 Å². The molecule has 0 saturated heterocycles. The molecule has 2 nitrogen and oxygen atoms in total. The van der Waals surface area contributed by atoms with Gasteiger partial charge < -0.3 is 5.32 Å². The second-order valence-corrected chi connectivity index (χ2v) is 4.87. The van der Waals surface area contributed by atoms with E-state index in [-0.39, 0.29) is 0 Å². The SMILES string of the molecule is CCCCCCCCCCCCCNCC#N. The van der Waals surface area contributed by atoms with Crippen LogP contribution in [-0.2, 0) is 0 Å². The molecule has 0 amide bonds. The summed E-state index contributed by atoms with van der Waals surface area (Å²) >= 11 is 0. The zero-order valence-electron chi connectivity index (χ0n) is 11.6. The summed E-state index contributed by atoms with van der Waals surface area (Å²) in [6.07, 6.45) is 15.2. The fraction of sp³-hybridized carbons (Fsp3) is 0.933. The molecule has 0 aliphatic heterocycles. The monoisotopic (exact) mass is 238 g/mol. The lowest BCUT2D eigenvalue weighted by molar-refractivity contribution is 0.543. The zero-order valence-corrected chi connectivity index (χ0v) is 11.6. The minimum atomic E-state index is 0.498. The van der Waals surface area contributed by atoms with Crippen LogP contribution in [0, 0.1) is 11.3 Å². The summed E-state index contributed by atoms with van der Waals surface area (Å²) in [5.41, 5.74) is 0. The van der Waals surface area contributed by atoms with Crippen LogP contribution in [0.3, 0.4) is 0 Å². The maximum Gasteiger partial charge on any atom is 0.0840 e. The van der Waals surface area contributed by atoms with Gasteiger partial charge in [0.05, 0.1) is 12.6 Å². The van der Waals surface area contributed by atoms with Crippen LogP contribution in [-0.4, -0.2) is 13.1 Å². The van der Waals surface area contributed by atoms with Crippen LogP contribution in [0.15, 0.2) is 0 Å². The second-order valence-electron chi connectivity index (χ2n) is 4.87. The Morgan fingerprint density at radius 1 is 0.765 bits per heavy atom. The highest BCUT2D eigenvalue weighted by atomic mass is 14.8. The first-order chi connectivity index (χ1) is 8.41. The van der Waals surface area contributed by atoms with Gasteiger partial charge in [-0.05, 0) is 13.0 Å². The predicted octanol–water partition coefficient (Wildman–Crippen LogP) is 4.41. The van der Waals surface area contributed by atoms with Gasteiger partial charge in [-0.15, -0.1) is 0 Å². The van der Waals surface area contributed by atoms with Crippen molar-refractivity contribution in [2.45, 2.75) is 77.6 Å². The van der Waals surface area contributed by atoms with Crippen LogP contribution in [0.25, 0.3) is 0 Å². The Morgan fingerprint density at radius 3 is 1.71 bits per heavy atom. The molecule has 0 spiro atoms. The summed E-state index contributed by atoms with van der Waals surface area (Å²) in [5, 5.41) is 11.4. The Morgan fingerprint density at radius 2 is 1.24 bits per heavy atom. The van der Waals surface area contributed by atoms with Crippen molar-refractivity contribution in [1.82, 2.24) is 5.32 Å². The molecule has 0 bridgehead atoms. The molecule has 0 unspecified atom stereocenters. The van der Waals surface area contributed by atoms with Crippen LogP contribution in [0.1, 0.15) is 77.6 Å². The summed E-state index contributed by atoms with van der Waals surface area (Å²) < 4.78 is 0. The molecule has 0 aromatic carbocycles. The number of rotatable bonds is 13. The molecule has 0 aliphatic rings. The quantitative estimate of drug-likeness (QED) is 0.381. The molecule has 0 atom stereocenters. The minimum absolute atomic E-state index is 0.498. The fourth-order valence-electron chi connectivity index (χ4n) is 2.06. The molecular formula is C15H30N2. The molecule has 1 N–H and O–H groups in total. The maximum absolute atomic E-state index is 8.33. The van der Waals surface area contributed by atoms with Gasteiger partial charge in [0.15, 0.2) is 0 Å². The van der Waals surface area contributed by atoms with Crippen LogP contribution in [0.4, 0.5) is 0 Å².